The molecule has 1 aromatic heterocycles. The Kier molecular flexibility index (Phi) is 3.12. The quantitative estimate of drug-likeness (QED) is 0.851. The molecule has 0 aliphatic heterocycles. The molecule has 2 rings (SSSR count). The predicted octanol–water partition coefficient (Wildman–Crippen LogP) is 2.04. The van der Waals surface area contributed by atoms with E-state index in [1.807, 2.05) is 31.2 Å². The van der Waals surface area contributed by atoms with Crippen LogP contribution in [0.4, 0.5) is 0 Å². The summed E-state index contributed by atoms with van der Waals surface area (Å²) in [6.07, 6.45) is 3.20. The van der Waals surface area contributed by atoms with Crippen LogP contribution in [0.1, 0.15) is 11.3 Å². The molecule has 82 valence electrons. The molecule has 0 fully saturated rings. The van der Waals surface area contributed by atoms with Gasteiger partial charge in [0.1, 0.15) is 5.75 Å². The lowest BCUT2D eigenvalue weighted by molar-refractivity contribution is 0.456. The number of para-hydroxylation sites is 1. The van der Waals surface area contributed by atoms with Crippen molar-refractivity contribution in [3.05, 3.63) is 47.9 Å². The highest BCUT2D eigenvalue weighted by Gasteiger charge is 2.01. The van der Waals surface area contributed by atoms with E-state index in [-0.39, 0.29) is 0 Å². The normalized spacial score (nSPS) is 10.1. The summed E-state index contributed by atoms with van der Waals surface area (Å²) in [7, 11) is 0. The number of nitrogens with zero attached hydrogens (tertiary/aromatic N) is 2. The number of hydrogen-bond donors (Lipinski definition) is 1. The minimum atomic E-state index is 0.387. The Morgan fingerprint density at radius 2 is 2.00 bits per heavy atom. The van der Waals surface area contributed by atoms with Gasteiger partial charge in [-0.3, -0.25) is 4.98 Å². The third-order valence-electron chi connectivity index (χ3n) is 2.20. The van der Waals surface area contributed by atoms with Crippen LogP contribution in [0.2, 0.25) is 0 Å². The molecule has 0 atom stereocenters. The maximum atomic E-state index is 5.59. The third kappa shape index (κ3) is 2.35. The standard InChI is InChI=1S/C12H13N3O/c1-9-4-2-3-5-11(9)16-12-8-14-10(6-13)7-15-12/h2-5,7-8H,6,13H2,1H3. The van der Waals surface area contributed by atoms with Crippen molar-refractivity contribution in [2.45, 2.75) is 13.5 Å². The number of ether oxygens (including phenoxy) is 1. The van der Waals surface area contributed by atoms with Crippen molar-refractivity contribution in [2.24, 2.45) is 5.73 Å². The van der Waals surface area contributed by atoms with Gasteiger partial charge in [-0.05, 0) is 18.6 Å². The van der Waals surface area contributed by atoms with Crippen LogP contribution in [0.3, 0.4) is 0 Å². The van der Waals surface area contributed by atoms with Gasteiger partial charge in [0.25, 0.3) is 0 Å². The molecular formula is C12H13N3O. The average molecular weight is 215 g/mol. The Bertz CT molecular complexity index is 468. The van der Waals surface area contributed by atoms with Crippen molar-refractivity contribution >= 4 is 0 Å². The van der Waals surface area contributed by atoms with Crippen LogP contribution in [0, 0.1) is 6.92 Å². The van der Waals surface area contributed by atoms with E-state index in [4.69, 9.17) is 10.5 Å². The van der Waals surface area contributed by atoms with Crippen LogP contribution in [-0.2, 0) is 6.54 Å². The lowest BCUT2D eigenvalue weighted by Crippen LogP contribution is -2.00. The monoisotopic (exact) mass is 215 g/mol. The Balaban J connectivity index is 2.18. The fraction of sp³-hybridized carbons (Fsp3) is 0.167. The average Bonchev–Trinajstić information content (AvgIpc) is 2.33. The number of benzene rings is 1. The predicted molar refractivity (Wildman–Crippen MR) is 61.2 cm³/mol. The summed E-state index contributed by atoms with van der Waals surface area (Å²) in [4.78, 5) is 8.23. The van der Waals surface area contributed by atoms with Crippen LogP contribution >= 0.6 is 0 Å². The minimum Gasteiger partial charge on any atom is -0.437 e. The van der Waals surface area contributed by atoms with Gasteiger partial charge in [0.15, 0.2) is 0 Å². The molecule has 0 aliphatic carbocycles. The highest BCUT2D eigenvalue weighted by Crippen LogP contribution is 2.22. The van der Waals surface area contributed by atoms with E-state index in [1.165, 1.54) is 0 Å². The summed E-state index contributed by atoms with van der Waals surface area (Å²) in [5, 5.41) is 0. The third-order valence-corrected chi connectivity index (χ3v) is 2.20. The second-order valence-electron chi connectivity index (χ2n) is 3.42. The van der Waals surface area contributed by atoms with Crippen molar-refractivity contribution in [1.82, 2.24) is 9.97 Å². The molecule has 4 heteroatoms. The number of aryl methyl sites for hydroxylation is 1. The molecule has 0 saturated heterocycles. The SMILES string of the molecule is Cc1ccccc1Oc1cnc(CN)cn1. The van der Waals surface area contributed by atoms with Crippen LogP contribution in [0.15, 0.2) is 36.7 Å². The molecular weight excluding hydrogens is 202 g/mol. The summed E-state index contributed by atoms with van der Waals surface area (Å²) in [5.41, 5.74) is 7.24. The highest BCUT2D eigenvalue weighted by atomic mass is 16.5. The van der Waals surface area contributed by atoms with Crippen LogP contribution < -0.4 is 10.5 Å². The molecule has 4 nitrogen and oxygen atoms in total. The van der Waals surface area contributed by atoms with Gasteiger partial charge in [-0.15, -0.1) is 0 Å². The first-order chi connectivity index (χ1) is 7.79. The molecule has 0 spiro atoms. The highest BCUT2D eigenvalue weighted by molar-refractivity contribution is 5.34. The smallest absolute Gasteiger partial charge is 0.237 e. The zero-order chi connectivity index (χ0) is 11.4. The van der Waals surface area contributed by atoms with Crippen molar-refractivity contribution in [1.29, 1.82) is 0 Å². The Labute approximate surface area is 94.1 Å². The molecule has 0 aliphatic rings. The first kappa shape index (κ1) is 10.6. The lowest BCUT2D eigenvalue weighted by atomic mass is 10.2. The van der Waals surface area contributed by atoms with Crippen LogP contribution in [0.5, 0.6) is 11.6 Å². The summed E-state index contributed by atoms with van der Waals surface area (Å²) in [6.45, 7) is 2.37. The van der Waals surface area contributed by atoms with Gasteiger partial charge in [-0.1, -0.05) is 18.2 Å². The largest absolute Gasteiger partial charge is 0.437 e. The van der Waals surface area contributed by atoms with E-state index in [1.54, 1.807) is 12.4 Å². The van der Waals surface area contributed by atoms with E-state index in [2.05, 4.69) is 9.97 Å². The fourth-order valence-electron chi connectivity index (χ4n) is 1.28. The molecule has 0 radical (unpaired) electrons. The molecule has 0 amide bonds. The number of rotatable bonds is 3. The van der Waals surface area contributed by atoms with Crippen LogP contribution in [-0.4, -0.2) is 9.97 Å². The Morgan fingerprint density at radius 1 is 1.19 bits per heavy atom. The van der Waals surface area contributed by atoms with E-state index < -0.39 is 0 Å². The van der Waals surface area contributed by atoms with E-state index in [9.17, 15) is 0 Å². The van der Waals surface area contributed by atoms with Gasteiger partial charge in [-0.25, -0.2) is 4.98 Å². The van der Waals surface area contributed by atoms with Crippen LogP contribution in [0.25, 0.3) is 0 Å². The van der Waals surface area contributed by atoms with Gasteiger partial charge >= 0.3 is 0 Å². The zero-order valence-corrected chi connectivity index (χ0v) is 9.05. The van der Waals surface area contributed by atoms with Crippen molar-refractivity contribution in [2.75, 3.05) is 0 Å². The molecule has 0 bridgehead atoms. The molecule has 2 aromatic rings. The maximum Gasteiger partial charge on any atom is 0.237 e. The van der Waals surface area contributed by atoms with Crippen molar-refractivity contribution < 1.29 is 4.74 Å². The molecule has 1 heterocycles. The van der Waals surface area contributed by atoms with Gasteiger partial charge < -0.3 is 10.5 Å². The fourth-order valence-corrected chi connectivity index (χ4v) is 1.28. The van der Waals surface area contributed by atoms with Gasteiger partial charge in [0, 0.05) is 6.54 Å². The van der Waals surface area contributed by atoms with E-state index in [0.29, 0.717) is 12.4 Å². The molecule has 2 N–H and O–H groups in total. The topological polar surface area (TPSA) is 61.0 Å². The number of aromatic nitrogens is 2. The number of nitrogens with two attached hydrogens (primary N) is 1. The summed E-state index contributed by atoms with van der Waals surface area (Å²) in [5.74, 6) is 1.27. The van der Waals surface area contributed by atoms with Crippen molar-refractivity contribution in [3.63, 3.8) is 0 Å². The Hall–Kier alpha value is -1.94. The minimum absolute atomic E-state index is 0.387. The van der Waals surface area contributed by atoms with Gasteiger partial charge in [0.05, 0.1) is 18.1 Å². The van der Waals surface area contributed by atoms with Crippen molar-refractivity contribution in [3.8, 4) is 11.6 Å². The first-order valence-corrected chi connectivity index (χ1v) is 5.04. The second-order valence-corrected chi connectivity index (χ2v) is 3.42. The van der Waals surface area contributed by atoms with Gasteiger partial charge in [0.2, 0.25) is 5.88 Å². The van der Waals surface area contributed by atoms with E-state index in [0.717, 1.165) is 17.0 Å². The van der Waals surface area contributed by atoms with E-state index >= 15 is 0 Å². The van der Waals surface area contributed by atoms with Gasteiger partial charge in [-0.2, -0.15) is 0 Å². The first-order valence-electron chi connectivity index (χ1n) is 5.04. The lowest BCUT2D eigenvalue weighted by Gasteiger charge is -2.06. The molecule has 16 heavy (non-hydrogen) atoms. The molecule has 0 saturated carbocycles. The molecule has 1 aromatic carbocycles. The summed E-state index contributed by atoms with van der Waals surface area (Å²) >= 11 is 0. The number of hydrogen-bond acceptors (Lipinski definition) is 4. The Morgan fingerprint density at radius 3 is 2.62 bits per heavy atom. The second kappa shape index (κ2) is 4.72. The summed E-state index contributed by atoms with van der Waals surface area (Å²) < 4.78 is 5.59. The maximum absolute atomic E-state index is 5.59. The summed E-state index contributed by atoms with van der Waals surface area (Å²) in [6, 6.07) is 7.76. The zero-order valence-electron chi connectivity index (χ0n) is 9.05. The molecule has 0 unspecified atom stereocenters.